The Bertz CT molecular complexity index is 564. The van der Waals surface area contributed by atoms with E-state index in [0.717, 1.165) is 0 Å². The van der Waals surface area contributed by atoms with Gasteiger partial charge in [0, 0.05) is 0 Å². The van der Waals surface area contributed by atoms with Gasteiger partial charge in [-0.3, -0.25) is 0 Å². The van der Waals surface area contributed by atoms with E-state index in [4.69, 9.17) is 0 Å². The van der Waals surface area contributed by atoms with Crippen molar-refractivity contribution in [2.45, 2.75) is 78.1 Å². The Balaban J connectivity index is 2.32. The van der Waals surface area contributed by atoms with Gasteiger partial charge in [0.25, 0.3) is 0 Å². The molecule has 0 radical (unpaired) electrons. The van der Waals surface area contributed by atoms with Crippen molar-refractivity contribution in [3.05, 3.63) is 71.8 Å². The predicted molar refractivity (Wildman–Crippen MR) is 117 cm³/mol. The predicted octanol–water partition coefficient (Wildman–Crippen LogP) is 8.54. The fourth-order valence-electron chi connectivity index (χ4n) is 3.67. The molecule has 0 aliphatic carbocycles. The van der Waals surface area contributed by atoms with Crippen LogP contribution < -0.4 is 0 Å². The average molecular weight is 349 g/mol. The van der Waals surface area contributed by atoms with Crippen molar-refractivity contribution in [1.29, 1.82) is 0 Å². The van der Waals surface area contributed by atoms with Crippen molar-refractivity contribution in [2.75, 3.05) is 0 Å². The number of hydrogen-bond acceptors (Lipinski definition) is 0. The summed E-state index contributed by atoms with van der Waals surface area (Å²) in [6.07, 6.45) is 12.9. The normalized spacial score (nSPS) is 12.1. The first-order valence-electron chi connectivity index (χ1n) is 10.7. The highest BCUT2D eigenvalue weighted by molar-refractivity contribution is 5.90. The molecule has 0 saturated heterocycles. The van der Waals surface area contributed by atoms with Gasteiger partial charge in [-0.1, -0.05) is 113 Å². The first-order valence-corrected chi connectivity index (χ1v) is 10.7. The zero-order chi connectivity index (χ0) is 18.5. The average Bonchev–Trinajstić information content (AvgIpc) is 2.70. The molecule has 2 aromatic rings. The van der Waals surface area contributed by atoms with Crippen LogP contribution in [0.3, 0.4) is 0 Å². The van der Waals surface area contributed by atoms with Gasteiger partial charge < -0.3 is 0 Å². The topological polar surface area (TPSA) is 0 Å². The van der Waals surface area contributed by atoms with Crippen LogP contribution in [0.4, 0.5) is 0 Å². The summed E-state index contributed by atoms with van der Waals surface area (Å²) in [5.41, 5.74) is 5.98. The molecule has 0 nitrogen and oxygen atoms in total. The van der Waals surface area contributed by atoms with Gasteiger partial charge in [0.2, 0.25) is 0 Å². The molecule has 0 spiro atoms. The van der Waals surface area contributed by atoms with E-state index in [0.29, 0.717) is 0 Å². The molecule has 0 saturated carbocycles. The first-order chi connectivity index (χ1) is 12.9. The van der Waals surface area contributed by atoms with Crippen LogP contribution in [-0.4, -0.2) is 0 Å². The van der Waals surface area contributed by atoms with E-state index in [1.54, 1.807) is 11.1 Å². The van der Waals surface area contributed by atoms with Crippen LogP contribution in [0.5, 0.6) is 0 Å². The van der Waals surface area contributed by atoms with Gasteiger partial charge in [-0.05, 0) is 48.0 Å². The third kappa shape index (κ3) is 6.83. The van der Waals surface area contributed by atoms with E-state index in [1.165, 1.54) is 75.3 Å². The molecule has 0 unspecified atom stereocenters. The lowest BCUT2D eigenvalue weighted by atomic mass is 9.88. The highest BCUT2D eigenvalue weighted by atomic mass is 14.2. The Labute approximate surface area is 161 Å². The van der Waals surface area contributed by atoms with Crippen LogP contribution in [0.25, 0.3) is 11.1 Å². The maximum atomic E-state index is 2.30. The standard InChI is InChI=1S/C26H36/c1-3-5-7-15-21-25(23-17-11-9-12-18-23)26(22-16-8-6-4-2)24-19-13-10-14-20-24/h9-14,17-20H,3-8,15-16,21-22H2,1-2H3. The lowest BCUT2D eigenvalue weighted by Crippen LogP contribution is -1.95. The Morgan fingerprint density at radius 1 is 0.500 bits per heavy atom. The molecule has 2 aromatic carbocycles. The van der Waals surface area contributed by atoms with Crippen LogP contribution in [-0.2, 0) is 0 Å². The van der Waals surface area contributed by atoms with Gasteiger partial charge in [0.1, 0.15) is 0 Å². The summed E-state index contributed by atoms with van der Waals surface area (Å²) < 4.78 is 0. The molecule has 0 N–H and O–H groups in total. The summed E-state index contributed by atoms with van der Waals surface area (Å²) in [6.45, 7) is 4.58. The van der Waals surface area contributed by atoms with Crippen LogP contribution in [0.1, 0.15) is 89.2 Å². The van der Waals surface area contributed by atoms with E-state index in [1.807, 2.05) is 0 Å². The molecule has 2 rings (SSSR count). The molecule has 0 heteroatoms. The Hall–Kier alpha value is -1.82. The van der Waals surface area contributed by atoms with Gasteiger partial charge in [-0.2, -0.15) is 0 Å². The fourth-order valence-corrected chi connectivity index (χ4v) is 3.67. The van der Waals surface area contributed by atoms with E-state index in [-0.39, 0.29) is 0 Å². The molecule has 26 heavy (non-hydrogen) atoms. The van der Waals surface area contributed by atoms with E-state index >= 15 is 0 Å². The second-order valence-corrected chi connectivity index (χ2v) is 7.31. The van der Waals surface area contributed by atoms with Gasteiger partial charge in [0.15, 0.2) is 0 Å². The molecule has 0 fully saturated rings. The summed E-state index contributed by atoms with van der Waals surface area (Å²) in [5.74, 6) is 0. The molecule has 140 valence electrons. The summed E-state index contributed by atoms with van der Waals surface area (Å²) in [7, 11) is 0. The summed E-state index contributed by atoms with van der Waals surface area (Å²) in [6, 6.07) is 22.2. The quantitative estimate of drug-likeness (QED) is 0.266. The molecular formula is C26H36. The smallest absolute Gasteiger partial charge is 0.0222 e. The number of rotatable bonds is 12. The highest BCUT2D eigenvalue weighted by Crippen LogP contribution is 2.34. The van der Waals surface area contributed by atoms with Crippen LogP contribution in [0.15, 0.2) is 60.7 Å². The molecule has 0 aromatic heterocycles. The molecular weight excluding hydrogens is 312 g/mol. The Kier molecular flexibility index (Phi) is 9.87. The molecule has 0 aliphatic heterocycles. The van der Waals surface area contributed by atoms with Crippen LogP contribution in [0, 0.1) is 0 Å². The molecule has 0 amide bonds. The Morgan fingerprint density at radius 2 is 0.885 bits per heavy atom. The SMILES string of the molecule is CCCCCCC(=C(CCCCCC)c1ccccc1)c1ccccc1. The van der Waals surface area contributed by atoms with Crippen molar-refractivity contribution in [3.63, 3.8) is 0 Å². The van der Waals surface area contributed by atoms with Gasteiger partial charge >= 0.3 is 0 Å². The first kappa shape index (κ1) is 20.5. The van der Waals surface area contributed by atoms with Crippen LogP contribution in [0.2, 0.25) is 0 Å². The van der Waals surface area contributed by atoms with Crippen molar-refractivity contribution < 1.29 is 0 Å². The lowest BCUT2D eigenvalue weighted by molar-refractivity contribution is 0.672. The minimum Gasteiger partial charge on any atom is -0.0654 e. The lowest BCUT2D eigenvalue weighted by Gasteiger charge is -2.17. The molecule has 0 aliphatic rings. The summed E-state index contributed by atoms with van der Waals surface area (Å²) >= 11 is 0. The van der Waals surface area contributed by atoms with Crippen molar-refractivity contribution in [1.82, 2.24) is 0 Å². The third-order valence-corrected chi connectivity index (χ3v) is 5.17. The highest BCUT2D eigenvalue weighted by Gasteiger charge is 2.11. The van der Waals surface area contributed by atoms with E-state index in [2.05, 4.69) is 74.5 Å². The van der Waals surface area contributed by atoms with Crippen molar-refractivity contribution in [2.24, 2.45) is 0 Å². The summed E-state index contributed by atoms with van der Waals surface area (Å²) in [5, 5.41) is 0. The van der Waals surface area contributed by atoms with Gasteiger partial charge in [-0.25, -0.2) is 0 Å². The van der Waals surface area contributed by atoms with Gasteiger partial charge in [0.05, 0.1) is 0 Å². The Morgan fingerprint density at radius 3 is 1.23 bits per heavy atom. The minimum atomic E-state index is 1.20. The molecule has 0 bridgehead atoms. The number of hydrogen-bond donors (Lipinski definition) is 0. The zero-order valence-corrected chi connectivity index (χ0v) is 16.8. The maximum Gasteiger partial charge on any atom is -0.0222 e. The fraction of sp³-hybridized carbons (Fsp3) is 0.462. The maximum absolute atomic E-state index is 2.30. The number of allylic oxidation sites excluding steroid dienone is 2. The number of unbranched alkanes of at least 4 members (excludes halogenated alkanes) is 6. The monoisotopic (exact) mass is 348 g/mol. The second kappa shape index (κ2) is 12.5. The zero-order valence-electron chi connectivity index (χ0n) is 16.8. The van der Waals surface area contributed by atoms with Gasteiger partial charge in [-0.15, -0.1) is 0 Å². The molecule has 0 heterocycles. The summed E-state index contributed by atoms with van der Waals surface area (Å²) in [4.78, 5) is 0. The molecule has 0 atom stereocenters. The second-order valence-electron chi connectivity index (χ2n) is 7.31. The van der Waals surface area contributed by atoms with Crippen LogP contribution >= 0.6 is 0 Å². The number of benzene rings is 2. The van der Waals surface area contributed by atoms with E-state index in [9.17, 15) is 0 Å². The third-order valence-electron chi connectivity index (χ3n) is 5.17. The minimum absolute atomic E-state index is 1.20. The van der Waals surface area contributed by atoms with Crippen molar-refractivity contribution in [3.8, 4) is 0 Å². The van der Waals surface area contributed by atoms with Crippen molar-refractivity contribution >= 4 is 11.1 Å². The largest absolute Gasteiger partial charge is 0.0654 e. The van der Waals surface area contributed by atoms with E-state index < -0.39 is 0 Å².